The molecule has 1 atom stereocenters. The van der Waals surface area contributed by atoms with Crippen LogP contribution < -0.4 is 17.0 Å². The first kappa shape index (κ1) is 36.4. The van der Waals surface area contributed by atoms with Crippen molar-refractivity contribution in [1.29, 1.82) is 0 Å². The van der Waals surface area contributed by atoms with Crippen LogP contribution in [-0.4, -0.2) is 40.6 Å². The summed E-state index contributed by atoms with van der Waals surface area (Å²) in [7, 11) is 0. The van der Waals surface area contributed by atoms with E-state index in [1.165, 1.54) is 6.08 Å². The van der Waals surface area contributed by atoms with Gasteiger partial charge in [-0.3, -0.25) is 9.59 Å². The minimum atomic E-state index is -0.509. The van der Waals surface area contributed by atoms with Crippen LogP contribution in [0, 0.1) is 7.43 Å². The van der Waals surface area contributed by atoms with Crippen molar-refractivity contribution in [2.75, 3.05) is 0 Å². The molecule has 0 fully saturated rings. The van der Waals surface area contributed by atoms with E-state index < -0.39 is 11.2 Å². The van der Waals surface area contributed by atoms with Crippen LogP contribution in [0.3, 0.4) is 0 Å². The number of allylic oxidation sites excluding steroid dienone is 1. The van der Waals surface area contributed by atoms with Gasteiger partial charge < -0.3 is 29.1 Å². The van der Waals surface area contributed by atoms with Crippen molar-refractivity contribution in [2.45, 2.75) is 13.0 Å². The normalized spacial score (nSPS) is 9.68. The number of hydrogen-bond acceptors (Lipinski definition) is 4. The van der Waals surface area contributed by atoms with Gasteiger partial charge in [-0.25, -0.2) is 4.79 Å². The molecule has 0 aliphatic carbocycles. The number of rotatable bonds is 5. The third kappa shape index (κ3) is 11.4. The molecule has 0 heterocycles. The Hall–Kier alpha value is -2.77. The molecule has 37 heavy (non-hydrogen) atoms. The zero-order chi connectivity index (χ0) is 24.9. The molecule has 188 valence electrons. The van der Waals surface area contributed by atoms with Crippen molar-refractivity contribution in [2.24, 2.45) is 0 Å². The van der Waals surface area contributed by atoms with E-state index in [1.807, 2.05) is 91.9 Å². The summed E-state index contributed by atoms with van der Waals surface area (Å²) in [6.45, 7) is 8.34. The second-order valence-corrected chi connectivity index (χ2v) is 7.42. The third-order valence-electron chi connectivity index (χ3n) is 4.83. The second kappa shape index (κ2) is 19.4. The fourth-order valence-corrected chi connectivity index (χ4v) is 3.24. The van der Waals surface area contributed by atoms with Gasteiger partial charge in [0.25, 0.3) is 0 Å². The maximum atomic E-state index is 11.2. The number of hydrogen-bond donors (Lipinski definition) is 0. The summed E-state index contributed by atoms with van der Waals surface area (Å²) in [4.78, 5) is 31.3. The molecule has 1 unspecified atom stereocenters. The Labute approximate surface area is 250 Å². The van der Waals surface area contributed by atoms with Crippen LogP contribution in [0.1, 0.15) is 28.9 Å². The summed E-state index contributed by atoms with van der Waals surface area (Å²) in [5.41, 5.74) is 1.77. The van der Waals surface area contributed by atoms with Gasteiger partial charge in [0.2, 0.25) is 5.24 Å². The minimum Gasteiger partial charge on any atom is -1.00 e. The smallest absolute Gasteiger partial charge is 1.00 e. The van der Waals surface area contributed by atoms with Gasteiger partial charge in [0.1, 0.15) is 6.10 Å². The van der Waals surface area contributed by atoms with Gasteiger partial charge in [0, 0.05) is 11.6 Å². The fraction of sp³-hybridized carbons (Fsp3) is 0.0667. The Morgan fingerprint density at radius 1 is 0.811 bits per heavy atom. The molecule has 4 nitrogen and oxygen atoms in total. The number of fused-ring (bicyclic) bond motifs is 2. The number of halogens is 2. The molecule has 0 bridgehead atoms. The van der Waals surface area contributed by atoms with Crippen LogP contribution in [0.25, 0.3) is 21.5 Å². The van der Waals surface area contributed by atoms with Crippen LogP contribution in [0.5, 0.6) is 0 Å². The molecule has 0 saturated heterocycles. The average molecular weight is 592 g/mol. The zero-order valence-corrected chi connectivity index (χ0v) is 24.7. The largest absolute Gasteiger partial charge is 2.00 e. The summed E-state index contributed by atoms with van der Waals surface area (Å²) < 4.78 is 5.24. The Morgan fingerprint density at radius 3 is 1.78 bits per heavy atom. The summed E-state index contributed by atoms with van der Waals surface area (Å²) in [6.07, 6.45) is 2.84. The standard InChI is InChI=1S/C15H14O2.C11H8O.C3H3ClO.CH3.BrH.Mg/c1-3-15(16)17-11(2)13-10-6-8-12-7-4-5-9-14(12)13;12-8-10-6-3-5-9-4-1-2-7-11(9)10;1-2-3(4)5;;;/h3-11H,1H2,2H3;1-8H;2H,1H2;1H3;1H;/q;;;-1;;+2/p-1. The Kier molecular flexibility index (Phi) is 19.0. The molecule has 0 spiro atoms. The zero-order valence-electron chi connectivity index (χ0n) is 20.9. The van der Waals surface area contributed by atoms with Crippen molar-refractivity contribution in [3.63, 3.8) is 0 Å². The first-order valence-electron chi connectivity index (χ1n) is 10.5. The number of carbonyl (C=O) groups excluding carboxylic acids is 3. The van der Waals surface area contributed by atoms with Gasteiger partial charge >= 0.3 is 29.0 Å². The van der Waals surface area contributed by atoms with Crippen molar-refractivity contribution in [3.05, 3.63) is 129 Å². The predicted octanol–water partition coefficient (Wildman–Crippen LogP) is 4.29. The van der Waals surface area contributed by atoms with Crippen LogP contribution in [-0.2, 0) is 14.3 Å². The van der Waals surface area contributed by atoms with E-state index in [2.05, 4.69) is 13.2 Å². The monoisotopic (exact) mass is 590 g/mol. The van der Waals surface area contributed by atoms with E-state index in [9.17, 15) is 14.4 Å². The molecular weight excluding hydrogens is 564 g/mol. The maximum Gasteiger partial charge on any atom is 2.00 e. The molecule has 0 radical (unpaired) electrons. The van der Waals surface area contributed by atoms with E-state index in [1.54, 1.807) is 0 Å². The first-order chi connectivity index (χ1) is 16.4. The Morgan fingerprint density at radius 2 is 1.27 bits per heavy atom. The maximum absolute atomic E-state index is 11.2. The Balaban J connectivity index is 0. The van der Waals surface area contributed by atoms with E-state index in [0.29, 0.717) is 0 Å². The summed E-state index contributed by atoms with van der Waals surface area (Å²) in [6, 6.07) is 27.6. The van der Waals surface area contributed by atoms with Crippen LogP contribution in [0.2, 0.25) is 0 Å². The molecule has 0 aliphatic heterocycles. The molecule has 4 aromatic rings. The summed E-state index contributed by atoms with van der Waals surface area (Å²) >= 11 is 4.71. The Bertz CT molecular complexity index is 1310. The van der Waals surface area contributed by atoms with Crippen LogP contribution >= 0.6 is 11.6 Å². The average Bonchev–Trinajstić information content (AvgIpc) is 2.88. The number of esters is 1. The number of carbonyl (C=O) groups is 3. The predicted molar refractivity (Wildman–Crippen MR) is 151 cm³/mol. The molecule has 0 N–H and O–H groups in total. The van der Waals surface area contributed by atoms with E-state index >= 15 is 0 Å². The molecular formula is C30H28BrClMgO4. The number of ether oxygens (including phenoxy) is 1. The fourth-order valence-electron chi connectivity index (χ4n) is 3.24. The second-order valence-electron chi connectivity index (χ2n) is 7.05. The molecule has 7 heteroatoms. The van der Waals surface area contributed by atoms with Crippen molar-refractivity contribution < 1.29 is 36.1 Å². The number of benzene rings is 4. The molecule has 4 rings (SSSR count). The number of aldehydes is 1. The van der Waals surface area contributed by atoms with Crippen molar-refractivity contribution in [1.82, 2.24) is 0 Å². The van der Waals surface area contributed by atoms with Gasteiger partial charge in [-0.15, -0.1) is 0 Å². The molecule has 0 aliphatic rings. The molecule has 0 aromatic heterocycles. The van der Waals surface area contributed by atoms with Crippen molar-refractivity contribution in [3.8, 4) is 0 Å². The van der Waals surface area contributed by atoms with Crippen molar-refractivity contribution >= 4 is 73.7 Å². The van der Waals surface area contributed by atoms with E-state index in [-0.39, 0.29) is 53.6 Å². The van der Waals surface area contributed by atoms with Gasteiger partial charge in [-0.05, 0) is 51.7 Å². The summed E-state index contributed by atoms with van der Waals surface area (Å²) in [5, 5.41) is 3.88. The quantitative estimate of drug-likeness (QED) is 0.0867. The van der Waals surface area contributed by atoms with Crippen LogP contribution in [0.15, 0.2) is 110 Å². The van der Waals surface area contributed by atoms with E-state index in [0.717, 1.165) is 45.0 Å². The third-order valence-corrected chi connectivity index (χ3v) is 4.99. The minimum absolute atomic E-state index is 0. The summed E-state index contributed by atoms with van der Waals surface area (Å²) in [5.74, 6) is -0.398. The van der Waals surface area contributed by atoms with E-state index in [4.69, 9.17) is 16.3 Å². The van der Waals surface area contributed by atoms with Gasteiger partial charge in [-0.2, -0.15) is 0 Å². The first-order valence-corrected chi connectivity index (χ1v) is 10.8. The topological polar surface area (TPSA) is 60.4 Å². The van der Waals surface area contributed by atoms with Gasteiger partial charge in [0.15, 0.2) is 6.29 Å². The molecule has 0 saturated carbocycles. The van der Waals surface area contributed by atoms with Gasteiger partial charge in [0.05, 0.1) is 0 Å². The van der Waals surface area contributed by atoms with Crippen LogP contribution in [0.4, 0.5) is 0 Å². The van der Waals surface area contributed by atoms with Gasteiger partial charge in [-0.1, -0.05) is 98.1 Å². The molecule has 0 amide bonds. The molecule has 4 aromatic carbocycles. The SMILES string of the molecule is C=CC(=O)Cl.C=CC(=O)OC(C)c1cccc2ccccc12.O=Cc1cccc2ccccc12.[Br-].[CH3-].[Mg+2].